The van der Waals surface area contributed by atoms with Gasteiger partial charge in [0.1, 0.15) is 0 Å². The van der Waals surface area contributed by atoms with E-state index in [1.165, 1.54) is 0 Å². The first-order chi connectivity index (χ1) is 8.28. The van der Waals surface area contributed by atoms with Crippen molar-refractivity contribution in [1.82, 2.24) is 0 Å². The van der Waals surface area contributed by atoms with Crippen LogP contribution >= 0.6 is 11.6 Å². The summed E-state index contributed by atoms with van der Waals surface area (Å²) >= 11 is 6.00. The van der Waals surface area contributed by atoms with Gasteiger partial charge < -0.3 is 0 Å². The fourth-order valence-corrected chi connectivity index (χ4v) is 2.34. The van der Waals surface area contributed by atoms with E-state index in [0.717, 1.165) is 21.5 Å². The van der Waals surface area contributed by atoms with Crippen molar-refractivity contribution in [1.29, 1.82) is 5.26 Å². The highest BCUT2D eigenvalue weighted by Gasteiger charge is 2.04. The van der Waals surface area contributed by atoms with E-state index in [-0.39, 0.29) is 0 Å². The molecule has 0 spiro atoms. The first-order valence-electron chi connectivity index (χ1n) is 5.30. The summed E-state index contributed by atoms with van der Waals surface area (Å²) in [6.45, 7) is 0. The average molecular weight is 238 g/mol. The van der Waals surface area contributed by atoms with E-state index in [1.807, 2.05) is 30.3 Å². The quantitative estimate of drug-likeness (QED) is 0.528. The first kappa shape index (κ1) is 10.1. The van der Waals surface area contributed by atoms with Crippen LogP contribution in [0.3, 0.4) is 0 Å². The minimum atomic E-state index is 0.601. The molecule has 0 heterocycles. The Hall–Kier alpha value is -2.04. The van der Waals surface area contributed by atoms with Gasteiger partial charge in [0.15, 0.2) is 0 Å². The van der Waals surface area contributed by atoms with E-state index in [1.54, 1.807) is 6.07 Å². The monoisotopic (exact) mass is 237 g/mol. The van der Waals surface area contributed by atoms with Crippen molar-refractivity contribution in [2.45, 2.75) is 0 Å². The molecule has 17 heavy (non-hydrogen) atoms. The molecule has 0 aliphatic heterocycles. The van der Waals surface area contributed by atoms with Gasteiger partial charge >= 0.3 is 0 Å². The fraction of sp³-hybridized carbons (Fsp3) is 0. The van der Waals surface area contributed by atoms with E-state index in [2.05, 4.69) is 18.2 Å². The van der Waals surface area contributed by atoms with Crippen molar-refractivity contribution in [3.63, 3.8) is 0 Å². The summed E-state index contributed by atoms with van der Waals surface area (Å²) in [4.78, 5) is 0. The zero-order valence-electron chi connectivity index (χ0n) is 8.94. The van der Waals surface area contributed by atoms with Crippen LogP contribution in [0.25, 0.3) is 21.5 Å². The lowest BCUT2D eigenvalue weighted by atomic mass is 10.0. The van der Waals surface area contributed by atoms with Crippen molar-refractivity contribution < 1.29 is 0 Å². The van der Waals surface area contributed by atoms with Gasteiger partial charge in [0.05, 0.1) is 11.6 Å². The van der Waals surface area contributed by atoms with Gasteiger partial charge in [-0.1, -0.05) is 35.9 Å². The Labute approximate surface area is 104 Å². The summed E-state index contributed by atoms with van der Waals surface area (Å²) in [7, 11) is 0. The third-order valence-electron chi connectivity index (χ3n) is 2.90. The maximum Gasteiger partial charge on any atom is 0.0998 e. The summed E-state index contributed by atoms with van der Waals surface area (Å²) in [6, 6.07) is 18.0. The predicted octanol–water partition coefficient (Wildman–Crippen LogP) is 4.52. The second-order valence-corrected chi connectivity index (χ2v) is 4.42. The number of halogens is 1. The maximum absolute atomic E-state index is 9.12. The molecule has 3 aromatic carbocycles. The third kappa shape index (κ3) is 1.63. The number of hydrogen-bond acceptors (Lipinski definition) is 1. The van der Waals surface area contributed by atoms with Crippen LogP contribution in [0.5, 0.6) is 0 Å². The van der Waals surface area contributed by atoms with Gasteiger partial charge in [0, 0.05) is 10.4 Å². The predicted molar refractivity (Wildman–Crippen MR) is 71.2 cm³/mol. The molecule has 0 atom stereocenters. The largest absolute Gasteiger partial charge is 0.192 e. The minimum Gasteiger partial charge on any atom is -0.192 e. The van der Waals surface area contributed by atoms with Crippen molar-refractivity contribution in [3.05, 3.63) is 59.1 Å². The van der Waals surface area contributed by atoms with E-state index < -0.39 is 0 Å². The minimum absolute atomic E-state index is 0.601. The van der Waals surface area contributed by atoms with Crippen LogP contribution in [-0.2, 0) is 0 Å². The Morgan fingerprint density at radius 3 is 2.29 bits per heavy atom. The Bertz CT molecular complexity index is 769. The van der Waals surface area contributed by atoms with E-state index in [9.17, 15) is 0 Å². The smallest absolute Gasteiger partial charge is 0.0998 e. The zero-order chi connectivity index (χ0) is 11.8. The van der Waals surface area contributed by atoms with Gasteiger partial charge in [-0.2, -0.15) is 5.26 Å². The molecule has 1 nitrogen and oxygen atoms in total. The molecule has 0 bridgehead atoms. The molecule has 3 rings (SSSR count). The number of nitriles is 1. The normalized spacial score (nSPS) is 10.6. The van der Waals surface area contributed by atoms with Gasteiger partial charge in [0.25, 0.3) is 0 Å². The molecule has 2 heteroatoms. The lowest BCUT2D eigenvalue weighted by Crippen LogP contribution is -1.82. The molecule has 0 saturated heterocycles. The Balaban J connectivity index is 2.52. The molecule has 0 fully saturated rings. The first-order valence-corrected chi connectivity index (χ1v) is 5.68. The molecule has 0 saturated carbocycles. The molecular formula is C15H8ClN. The van der Waals surface area contributed by atoms with Gasteiger partial charge in [-0.15, -0.1) is 0 Å². The van der Waals surface area contributed by atoms with Crippen LogP contribution in [0.4, 0.5) is 0 Å². The number of nitrogens with zero attached hydrogens (tertiary/aromatic N) is 1. The second kappa shape index (κ2) is 3.76. The van der Waals surface area contributed by atoms with Gasteiger partial charge in [0.2, 0.25) is 0 Å². The highest BCUT2D eigenvalue weighted by molar-refractivity contribution is 6.31. The van der Waals surface area contributed by atoms with Crippen LogP contribution in [0, 0.1) is 11.3 Å². The molecule has 0 aliphatic rings. The summed E-state index contributed by atoms with van der Waals surface area (Å²) in [5.74, 6) is 0. The molecule has 0 unspecified atom stereocenters. The highest BCUT2D eigenvalue weighted by atomic mass is 35.5. The van der Waals surface area contributed by atoms with Gasteiger partial charge in [-0.05, 0) is 40.4 Å². The lowest BCUT2D eigenvalue weighted by Gasteiger charge is -2.04. The van der Waals surface area contributed by atoms with Crippen LogP contribution < -0.4 is 0 Å². The molecule has 0 aromatic heterocycles. The number of benzene rings is 3. The molecule has 80 valence electrons. The van der Waals surface area contributed by atoms with Crippen molar-refractivity contribution in [3.8, 4) is 6.07 Å². The third-order valence-corrected chi connectivity index (χ3v) is 3.12. The zero-order valence-corrected chi connectivity index (χ0v) is 9.70. The van der Waals surface area contributed by atoms with Crippen LogP contribution in [-0.4, -0.2) is 0 Å². The molecule has 0 radical (unpaired) electrons. The van der Waals surface area contributed by atoms with Crippen LogP contribution in [0.15, 0.2) is 48.5 Å². The number of rotatable bonds is 0. The van der Waals surface area contributed by atoms with E-state index in [0.29, 0.717) is 10.6 Å². The maximum atomic E-state index is 9.12. The fourth-order valence-electron chi connectivity index (χ4n) is 2.11. The lowest BCUT2D eigenvalue weighted by molar-refractivity contribution is 1.50. The molecule has 0 amide bonds. The van der Waals surface area contributed by atoms with E-state index >= 15 is 0 Å². The summed E-state index contributed by atoms with van der Waals surface area (Å²) in [6.07, 6.45) is 0. The van der Waals surface area contributed by atoms with Gasteiger partial charge in [-0.25, -0.2) is 0 Å². The number of hydrogen-bond donors (Lipinski definition) is 0. The molecule has 0 aliphatic carbocycles. The van der Waals surface area contributed by atoms with Crippen LogP contribution in [0.1, 0.15) is 5.56 Å². The standard InChI is InChI=1S/C15H8ClN/c16-14-6-12-5-10-3-1-2-4-11(10)8-15(12)13(7-14)9-17/h1-8H. The Morgan fingerprint density at radius 1 is 0.882 bits per heavy atom. The molecular weight excluding hydrogens is 230 g/mol. The van der Waals surface area contributed by atoms with Crippen molar-refractivity contribution >= 4 is 33.1 Å². The Kier molecular flexibility index (Phi) is 2.24. The average Bonchev–Trinajstić information content (AvgIpc) is 2.35. The summed E-state index contributed by atoms with van der Waals surface area (Å²) < 4.78 is 0. The second-order valence-electron chi connectivity index (χ2n) is 3.99. The SMILES string of the molecule is N#Cc1cc(Cl)cc2cc3ccccc3cc12. The molecule has 3 aromatic rings. The van der Waals surface area contributed by atoms with Crippen molar-refractivity contribution in [2.24, 2.45) is 0 Å². The van der Waals surface area contributed by atoms with Crippen molar-refractivity contribution in [2.75, 3.05) is 0 Å². The highest BCUT2D eigenvalue weighted by Crippen LogP contribution is 2.28. The van der Waals surface area contributed by atoms with Gasteiger partial charge in [-0.3, -0.25) is 0 Å². The summed E-state index contributed by atoms with van der Waals surface area (Å²) in [5, 5.41) is 14.0. The number of fused-ring (bicyclic) bond motifs is 2. The Morgan fingerprint density at radius 2 is 1.59 bits per heavy atom. The topological polar surface area (TPSA) is 23.8 Å². The van der Waals surface area contributed by atoms with E-state index in [4.69, 9.17) is 16.9 Å². The summed E-state index contributed by atoms with van der Waals surface area (Å²) in [5.41, 5.74) is 0.623. The molecule has 0 N–H and O–H groups in total. The van der Waals surface area contributed by atoms with Crippen LogP contribution in [0.2, 0.25) is 5.02 Å².